The van der Waals surface area contributed by atoms with Crippen molar-refractivity contribution >= 4 is 15.9 Å². The van der Waals surface area contributed by atoms with E-state index in [2.05, 4.69) is 5.16 Å². The minimum Gasteiger partial charge on any atom is -0.409 e. The van der Waals surface area contributed by atoms with Crippen LogP contribution in [-0.2, 0) is 10.0 Å². The van der Waals surface area contributed by atoms with Crippen LogP contribution in [0.3, 0.4) is 0 Å². The molecule has 0 atom stereocenters. The minimum atomic E-state index is -3.86. The average Bonchev–Trinajstić information content (AvgIpc) is 2.40. The lowest BCUT2D eigenvalue weighted by Crippen LogP contribution is -2.39. The van der Waals surface area contributed by atoms with Gasteiger partial charge >= 0.3 is 0 Å². The van der Waals surface area contributed by atoms with Crippen molar-refractivity contribution in [1.82, 2.24) is 4.31 Å². The summed E-state index contributed by atoms with van der Waals surface area (Å²) in [6.45, 7) is 5.07. The summed E-state index contributed by atoms with van der Waals surface area (Å²) in [4.78, 5) is -0.0734. The second-order valence-electron chi connectivity index (χ2n) is 4.96. The Morgan fingerprint density at radius 3 is 2.62 bits per heavy atom. The zero-order chi connectivity index (χ0) is 16.2. The van der Waals surface area contributed by atoms with E-state index in [1.165, 1.54) is 16.4 Å². The van der Waals surface area contributed by atoms with Gasteiger partial charge in [0, 0.05) is 19.0 Å². The minimum absolute atomic E-state index is 0.0475. The Balaban J connectivity index is 3.19. The molecule has 0 heterocycles. The molecule has 6 nitrogen and oxygen atoms in total. The number of amidine groups is 1. The summed E-state index contributed by atoms with van der Waals surface area (Å²) in [5.41, 5.74) is 5.84. The molecule has 1 aromatic rings. The Morgan fingerprint density at radius 1 is 1.48 bits per heavy atom. The Kier molecular flexibility index (Phi) is 5.68. The van der Waals surface area contributed by atoms with Crippen LogP contribution in [0, 0.1) is 12.7 Å². The third kappa shape index (κ3) is 4.15. The number of hydrogen-bond acceptors (Lipinski definition) is 4. The lowest BCUT2D eigenvalue weighted by Gasteiger charge is -2.26. The van der Waals surface area contributed by atoms with Crippen molar-refractivity contribution < 1.29 is 18.0 Å². The maximum atomic E-state index is 13.4. The number of sulfonamides is 1. The van der Waals surface area contributed by atoms with Crippen LogP contribution in [0.2, 0.25) is 0 Å². The summed E-state index contributed by atoms with van der Waals surface area (Å²) >= 11 is 0. The molecule has 0 fully saturated rings. The van der Waals surface area contributed by atoms with Gasteiger partial charge in [0.1, 0.15) is 11.7 Å². The molecule has 0 aliphatic rings. The fraction of sp³-hybridized carbons (Fsp3) is 0.462. The first kappa shape index (κ1) is 17.4. The molecule has 8 heteroatoms. The highest BCUT2D eigenvalue weighted by Gasteiger charge is 2.28. The van der Waals surface area contributed by atoms with E-state index in [-0.39, 0.29) is 29.7 Å². The van der Waals surface area contributed by atoms with Crippen molar-refractivity contribution in [3.05, 3.63) is 29.6 Å². The van der Waals surface area contributed by atoms with E-state index in [4.69, 9.17) is 10.9 Å². The van der Waals surface area contributed by atoms with Crippen molar-refractivity contribution in [3.8, 4) is 0 Å². The van der Waals surface area contributed by atoms with Gasteiger partial charge in [-0.15, -0.1) is 0 Å². The molecule has 0 unspecified atom stereocenters. The van der Waals surface area contributed by atoms with Crippen molar-refractivity contribution in [1.29, 1.82) is 0 Å². The van der Waals surface area contributed by atoms with E-state index in [0.29, 0.717) is 5.56 Å². The normalized spacial score (nSPS) is 13.1. The molecule has 0 aromatic heterocycles. The van der Waals surface area contributed by atoms with Gasteiger partial charge in [-0.25, -0.2) is 12.8 Å². The number of halogens is 1. The molecule has 21 heavy (non-hydrogen) atoms. The smallest absolute Gasteiger partial charge is 0.243 e. The van der Waals surface area contributed by atoms with Gasteiger partial charge < -0.3 is 10.9 Å². The fourth-order valence-corrected chi connectivity index (χ4v) is 3.78. The molecule has 0 aliphatic heterocycles. The molecule has 1 aromatic carbocycles. The third-order valence-corrected chi connectivity index (χ3v) is 5.25. The summed E-state index contributed by atoms with van der Waals surface area (Å²) in [5, 5.41) is 11.4. The molecule has 1 rings (SSSR count). The second kappa shape index (κ2) is 6.86. The van der Waals surface area contributed by atoms with Gasteiger partial charge in [0.15, 0.2) is 0 Å². The van der Waals surface area contributed by atoms with E-state index in [9.17, 15) is 12.8 Å². The maximum absolute atomic E-state index is 13.4. The van der Waals surface area contributed by atoms with Gasteiger partial charge in [-0.2, -0.15) is 4.31 Å². The van der Waals surface area contributed by atoms with Gasteiger partial charge in [0.05, 0.1) is 4.90 Å². The Hall–Kier alpha value is -1.67. The zero-order valence-corrected chi connectivity index (χ0v) is 13.1. The lowest BCUT2D eigenvalue weighted by atomic mass is 10.2. The van der Waals surface area contributed by atoms with Crippen LogP contribution >= 0.6 is 0 Å². The van der Waals surface area contributed by atoms with Crippen LogP contribution in [0.15, 0.2) is 28.3 Å². The van der Waals surface area contributed by atoms with Crippen LogP contribution in [-0.4, -0.2) is 36.4 Å². The number of benzene rings is 1. The first-order valence-electron chi connectivity index (χ1n) is 6.44. The van der Waals surface area contributed by atoms with E-state index in [0.717, 1.165) is 6.07 Å². The maximum Gasteiger partial charge on any atom is 0.243 e. The van der Waals surface area contributed by atoms with Gasteiger partial charge in [-0.05, 0) is 38.5 Å². The van der Waals surface area contributed by atoms with Crippen LogP contribution in [0.1, 0.15) is 25.8 Å². The predicted octanol–water partition coefficient (Wildman–Crippen LogP) is 1.67. The Morgan fingerprint density at radius 2 is 2.10 bits per heavy atom. The quantitative estimate of drug-likeness (QED) is 0.361. The lowest BCUT2D eigenvalue weighted by molar-refractivity contribution is 0.313. The average molecular weight is 317 g/mol. The molecule has 0 saturated carbocycles. The molecule has 3 N–H and O–H groups in total. The number of hydrogen-bond donors (Lipinski definition) is 2. The molecule has 0 amide bonds. The standard InChI is InChI=1S/C13H20FN3O3S/c1-9(2)17(7-6-13(15)16-18)21(19,20)12-8-11(14)5-4-10(12)3/h4-5,8-9,18H,6-7H2,1-3H3,(H2,15,16). The molecule has 118 valence electrons. The molecule has 0 spiro atoms. The first-order valence-corrected chi connectivity index (χ1v) is 7.88. The largest absolute Gasteiger partial charge is 0.409 e. The van der Waals surface area contributed by atoms with Crippen LogP contribution in [0.5, 0.6) is 0 Å². The fourth-order valence-electron chi connectivity index (χ4n) is 1.91. The van der Waals surface area contributed by atoms with Crippen molar-refractivity contribution in [2.24, 2.45) is 10.9 Å². The zero-order valence-electron chi connectivity index (χ0n) is 12.2. The van der Waals surface area contributed by atoms with Gasteiger partial charge in [-0.1, -0.05) is 11.2 Å². The third-order valence-electron chi connectivity index (χ3n) is 3.03. The molecule has 0 aliphatic carbocycles. The number of oxime groups is 1. The summed E-state index contributed by atoms with van der Waals surface area (Å²) < 4.78 is 39.9. The Labute approximate surface area is 124 Å². The van der Waals surface area contributed by atoms with Gasteiger partial charge in [-0.3, -0.25) is 0 Å². The van der Waals surface area contributed by atoms with Crippen LogP contribution in [0.4, 0.5) is 4.39 Å². The van der Waals surface area contributed by atoms with E-state index >= 15 is 0 Å². The number of nitrogens with zero attached hydrogens (tertiary/aromatic N) is 2. The van der Waals surface area contributed by atoms with Crippen LogP contribution < -0.4 is 5.73 Å². The Bertz CT molecular complexity index is 630. The predicted molar refractivity (Wildman–Crippen MR) is 78.2 cm³/mol. The van der Waals surface area contributed by atoms with Crippen molar-refractivity contribution in [3.63, 3.8) is 0 Å². The highest BCUT2D eigenvalue weighted by molar-refractivity contribution is 7.89. The highest BCUT2D eigenvalue weighted by Crippen LogP contribution is 2.23. The highest BCUT2D eigenvalue weighted by atomic mass is 32.2. The van der Waals surface area contributed by atoms with E-state index in [1.54, 1.807) is 20.8 Å². The monoisotopic (exact) mass is 317 g/mol. The summed E-state index contributed by atoms with van der Waals surface area (Å²) in [7, 11) is -3.86. The van der Waals surface area contributed by atoms with Crippen molar-refractivity contribution in [2.45, 2.75) is 38.1 Å². The summed E-state index contributed by atoms with van der Waals surface area (Å²) in [6.07, 6.45) is 0.0856. The summed E-state index contributed by atoms with van der Waals surface area (Å²) in [5.74, 6) is -0.675. The van der Waals surface area contributed by atoms with Gasteiger partial charge in [0.2, 0.25) is 10.0 Å². The van der Waals surface area contributed by atoms with Crippen LogP contribution in [0.25, 0.3) is 0 Å². The number of nitrogens with two attached hydrogens (primary N) is 1. The number of rotatable bonds is 6. The summed E-state index contributed by atoms with van der Waals surface area (Å²) in [6, 6.07) is 3.29. The topological polar surface area (TPSA) is 96.0 Å². The first-order chi connectivity index (χ1) is 9.70. The molecule has 0 radical (unpaired) electrons. The van der Waals surface area contributed by atoms with Gasteiger partial charge in [0.25, 0.3) is 0 Å². The van der Waals surface area contributed by atoms with E-state index < -0.39 is 15.8 Å². The second-order valence-corrected chi connectivity index (χ2v) is 6.82. The molecule has 0 saturated heterocycles. The molecule has 0 bridgehead atoms. The SMILES string of the molecule is Cc1ccc(F)cc1S(=O)(=O)N(CCC(N)=NO)C(C)C. The van der Waals surface area contributed by atoms with Crippen molar-refractivity contribution in [2.75, 3.05) is 6.54 Å². The van der Waals surface area contributed by atoms with E-state index in [1.807, 2.05) is 0 Å². The molecular formula is C13H20FN3O3S. The number of aryl methyl sites for hydroxylation is 1. The molecular weight excluding hydrogens is 297 g/mol.